The Morgan fingerprint density at radius 1 is 1.47 bits per heavy atom. The summed E-state index contributed by atoms with van der Waals surface area (Å²) in [5.41, 5.74) is 2.58. The molecule has 2 rings (SSSR count). The Morgan fingerprint density at radius 2 is 2.32 bits per heavy atom. The van der Waals surface area contributed by atoms with E-state index in [0.29, 0.717) is 12.1 Å². The van der Waals surface area contributed by atoms with Crippen molar-refractivity contribution in [2.24, 2.45) is 0 Å². The van der Waals surface area contributed by atoms with E-state index in [2.05, 4.69) is 16.4 Å². The Morgan fingerprint density at radius 3 is 3.00 bits per heavy atom. The van der Waals surface area contributed by atoms with Gasteiger partial charge in [0.05, 0.1) is 37.3 Å². The van der Waals surface area contributed by atoms with E-state index in [1.54, 1.807) is 19.5 Å². The van der Waals surface area contributed by atoms with Crippen LogP contribution >= 0.6 is 0 Å². The van der Waals surface area contributed by atoms with Gasteiger partial charge in [-0.05, 0) is 25.2 Å². The summed E-state index contributed by atoms with van der Waals surface area (Å²) in [5.74, 6) is 0.780. The largest absolute Gasteiger partial charge is 0.496 e. The number of aromatic nitrogens is 2. The molecule has 19 heavy (non-hydrogen) atoms. The number of nitriles is 1. The molecule has 0 saturated carbocycles. The third-order valence-electron chi connectivity index (χ3n) is 2.81. The van der Waals surface area contributed by atoms with Crippen LogP contribution in [0.3, 0.4) is 0 Å². The van der Waals surface area contributed by atoms with Crippen LogP contribution < -0.4 is 10.1 Å². The molecule has 1 aromatic heterocycles. The van der Waals surface area contributed by atoms with Crippen molar-refractivity contribution in [3.8, 4) is 11.8 Å². The Hall–Kier alpha value is -2.32. The molecular weight excluding hydrogens is 240 g/mol. The maximum atomic E-state index is 8.95. The summed E-state index contributed by atoms with van der Waals surface area (Å²) >= 11 is 0. The second-order valence-electron chi connectivity index (χ2n) is 4.21. The van der Waals surface area contributed by atoms with Gasteiger partial charge < -0.3 is 14.6 Å². The predicted octanol–water partition coefficient (Wildman–Crippen LogP) is 1.53. The molecule has 5 nitrogen and oxygen atoms in total. The van der Waals surface area contributed by atoms with Crippen LogP contribution in [0.25, 0.3) is 0 Å². The number of ether oxygens (including phenoxy) is 1. The highest BCUT2D eigenvalue weighted by Crippen LogP contribution is 2.20. The first-order valence-electron chi connectivity index (χ1n) is 5.99. The first kappa shape index (κ1) is 13.1. The highest BCUT2D eigenvalue weighted by atomic mass is 16.5. The third kappa shape index (κ3) is 3.12. The Labute approximate surface area is 112 Å². The van der Waals surface area contributed by atoms with E-state index in [1.807, 2.05) is 29.9 Å². The summed E-state index contributed by atoms with van der Waals surface area (Å²) in [6.07, 6.45) is 3.76. The van der Waals surface area contributed by atoms with Crippen LogP contribution in [0.15, 0.2) is 30.7 Å². The maximum Gasteiger partial charge on any atom is 0.123 e. The van der Waals surface area contributed by atoms with Crippen molar-refractivity contribution in [3.05, 3.63) is 47.5 Å². The molecular formula is C14H16N4O. The number of hydrogen-bond donors (Lipinski definition) is 1. The van der Waals surface area contributed by atoms with E-state index in [4.69, 9.17) is 10.00 Å². The molecule has 0 saturated heterocycles. The molecule has 1 heterocycles. The Bertz CT molecular complexity index is 598. The molecule has 0 amide bonds. The van der Waals surface area contributed by atoms with Crippen molar-refractivity contribution in [2.45, 2.75) is 13.1 Å². The molecule has 0 spiro atoms. The molecule has 0 bridgehead atoms. The summed E-state index contributed by atoms with van der Waals surface area (Å²) in [6.45, 7) is 1.37. The average molecular weight is 256 g/mol. The number of hydrogen-bond acceptors (Lipinski definition) is 4. The SMILES string of the molecule is CNCc1cn(Cc2cc(C#N)ccc2OC)cn1. The van der Waals surface area contributed by atoms with Crippen molar-refractivity contribution in [3.63, 3.8) is 0 Å². The number of rotatable bonds is 5. The van der Waals surface area contributed by atoms with Crippen LogP contribution in [0, 0.1) is 11.3 Å². The van der Waals surface area contributed by atoms with Gasteiger partial charge >= 0.3 is 0 Å². The van der Waals surface area contributed by atoms with Crippen LogP contribution in [0.2, 0.25) is 0 Å². The lowest BCUT2D eigenvalue weighted by Crippen LogP contribution is -2.05. The fraction of sp³-hybridized carbons (Fsp3) is 0.286. The molecule has 5 heteroatoms. The van der Waals surface area contributed by atoms with Crippen molar-refractivity contribution in [1.29, 1.82) is 5.26 Å². The zero-order valence-corrected chi connectivity index (χ0v) is 11.1. The van der Waals surface area contributed by atoms with Crippen molar-refractivity contribution in [1.82, 2.24) is 14.9 Å². The first-order chi connectivity index (χ1) is 9.26. The molecule has 0 aliphatic carbocycles. The number of imidazole rings is 1. The van der Waals surface area contributed by atoms with Crippen LogP contribution in [0.1, 0.15) is 16.8 Å². The first-order valence-corrected chi connectivity index (χ1v) is 5.99. The highest BCUT2D eigenvalue weighted by molar-refractivity contribution is 5.42. The van der Waals surface area contributed by atoms with Gasteiger partial charge in [-0.25, -0.2) is 4.98 Å². The van der Waals surface area contributed by atoms with E-state index < -0.39 is 0 Å². The summed E-state index contributed by atoms with van der Waals surface area (Å²) < 4.78 is 7.29. The zero-order valence-electron chi connectivity index (χ0n) is 11.1. The van der Waals surface area contributed by atoms with Gasteiger partial charge in [0.1, 0.15) is 5.75 Å². The van der Waals surface area contributed by atoms with E-state index in [1.165, 1.54) is 0 Å². The maximum absolute atomic E-state index is 8.95. The van der Waals surface area contributed by atoms with Gasteiger partial charge in [0.2, 0.25) is 0 Å². The number of nitrogens with zero attached hydrogens (tertiary/aromatic N) is 3. The van der Waals surface area contributed by atoms with Crippen molar-refractivity contribution < 1.29 is 4.74 Å². The Balaban J connectivity index is 2.23. The van der Waals surface area contributed by atoms with Crippen LogP contribution in [-0.4, -0.2) is 23.7 Å². The quantitative estimate of drug-likeness (QED) is 0.881. The predicted molar refractivity (Wildman–Crippen MR) is 71.8 cm³/mol. The zero-order chi connectivity index (χ0) is 13.7. The lowest BCUT2D eigenvalue weighted by Gasteiger charge is -2.09. The fourth-order valence-corrected chi connectivity index (χ4v) is 1.93. The topological polar surface area (TPSA) is 62.9 Å². The monoisotopic (exact) mass is 256 g/mol. The molecule has 0 atom stereocenters. The fourth-order valence-electron chi connectivity index (χ4n) is 1.93. The van der Waals surface area contributed by atoms with E-state index in [0.717, 1.165) is 23.6 Å². The van der Waals surface area contributed by atoms with Gasteiger partial charge in [-0.1, -0.05) is 0 Å². The smallest absolute Gasteiger partial charge is 0.123 e. The second-order valence-corrected chi connectivity index (χ2v) is 4.21. The van der Waals surface area contributed by atoms with E-state index >= 15 is 0 Å². The normalized spacial score (nSPS) is 10.2. The molecule has 0 unspecified atom stereocenters. The van der Waals surface area contributed by atoms with Crippen LogP contribution in [-0.2, 0) is 13.1 Å². The highest BCUT2D eigenvalue weighted by Gasteiger charge is 2.06. The second kappa shape index (κ2) is 6.03. The standard InChI is InChI=1S/C14H16N4O/c1-16-7-13-9-18(10-17-13)8-12-5-11(6-15)3-4-14(12)19-2/h3-5,9-10,16H,7-8H2,1-2H3. The molecule has 0 radical (unpaired) electrons. The summed E-state index contributed by atoms with van der Waals surface area (Å²) in [4.78, 5) is 4.29. The lowest BCUT2D eigenvalue weighted by atomic mass is 10.1. The van der Waals surface area contributed by atoms with Crippen LogP contribution in [0.4, 0.5) is 0 Å². The summed E-state index contributed by atoms with van der Waals surface area (Å²) in [6, 6.07) is 7.55. The minimum absolute atomic E-state index is 0.631. The van der Waals surface area contributed by atoms with Crippen LogP contribution in [0.5, 0.6) is 5.75 Å². The number of methoxy groups -OCH3 is 1. The molecule has 98 valence electrons. The molecule has 0 fully saturated rings. The molecule has 1 aromatic carbocycles. The van der Waals surface area contributed by atoms with Gasteiger partial charge in [0, 0.05) is 18.3 Å². The molecule has 0 aliphatic heterocycles. The van der Waals surface area contributed by atoms with Crippen molar-refractivity contribution in [2.75, 3.05) is 14.2 Å². The number of nitrogens with one attached hydrogen (secondary N) is 1. The minimum atomic E-state index is 0.631. The van der Waals surface area contributed by atoms with Gasteiger partial charge in [0.25, 0.3) is 0 Å². The number of benzene rings is 1. The van der Waals surface area contributed by atoms with E-state index in [9.17, 15) is 0 Å². The van der Waals surface area contributed by atoms with Gasteiger partial charge in [-0.3, -0.25) is 0 Å². The lowest BCUT2D eigenvalue weighted by molar-refractivity contribution is 0.408. The molecule has 2 aromatic rings. The van der Waals surface area contributed by atoms with Gasteiger partial charge in [-0.15, -0.1) is 0 Å². The van der Waals surface area contributed by atoms with Gasteiger partial charge in [0.15, 0.2) is 0 Å². The third-order valence-corrected chi connectivity index (χ3v) is 2.81. The van der Waals surface area contributed by atoms with E-state index in [-0.39, 0.29) is 0 Å². The minimum Gasteiger partial charge on any atom is -0.496 e. The Kier molecular flexibility index (Phi) is 4.16. The molecule has 1 N–H and O–H groups in total. The van der Waals surface area contributed by atoms with Crippen molar-refractivity contribution >= 4 is 0 Å². The average Bonchev–Trinajstić information content (AvgIpc) is 2.86. The summed E-state index contributed by atoms with van der Waals surface area (Å²) in [5, 5.41) is 12.0. The molecule has 0 aliphatic rings. The van der Waals surface area contributed by atoms with Gasteiger partial charge in [-0.2, -0.15) is 5.26 Å². The summed E-state index contributed by atoms with van der Waals surface area (Å²) in [7, 11) is 3.52.